The van der Waals surface area contributed by atoms with Crippen molar-refractivity contribution in [1.82, 2.24) is 4.57 Å². The van der Waals surface area contributed by atoms with E-state index in [0.717, 1.165) is 23.9 Å². The van der Waals surface area contributed by atoms with Crippen LogP contribution in [0.25, 0.3) is 10.9 Å². The molecule has 1 fully saturated rings. The molecule has 0 bridgehead atoms. The Bertz CT molecular complexity index is 1090. The molecule has 4 rings (SSSR count). The van der Waals surface area contributed by atoms with Gasteiger partial charge in [-0.3, -0.25) is 4.79 Å². The molecule has 5 heteroatoms. The second-order valence-electron chi connectivity index (χ2n) is 6.29. The average molecular weight is 339 g/mol. The van der Waals surface area contributed by atoms with E-state index in [0.29, 0.717) is 5.39 Å². The van der Waals surface area contributed by atoms with Crippen molar-refractivity contribution >= 4 is 20.7 Å². The molecule has 2 aromatic carbocycles. The van der Waals surface area contributed by atoms with Crippen LogP contribution in [0, 0.1) is 6.92 Å². The minimum atomic E-state index is -3.84. The average Bonchev–Trinajstić information content (AvgIpc) is 3.40. The molecule has 0 unspecified atom stereocenters. The lowest BCUT2D eigenvalue weighted by Crippen LogP contribution is -2.19. The molecule has 1 aliphatic carbocycles. The summed E-state index contributed by atoms with van der Waals surface area (Å²) in [5.41, 5.74) is 1.35. The Labute approximate surface area is 140 Å². The number of pyridine rings is 1. The number of aryl methyl sites for hydroxylation is 1. The number of para-hydroxylation sites is 1. The monoisotopic (exact) mass is 339 g/mol. The van der Waals surface area contributed by atoms with Crippen LogP contribution in [0.2, 0.25) is 0 Å². The zero-order chi connectivity index (χ0) is 16.9. The fraction of sp³-hybridized carbons (Fsp3) is 0.211. The molecule has 4 nitrogen and oxygen atoms in total. The third kappa shape index (κ3) is 2.36. The molecule has 0 radical (unpaired) electrons. The van der Waals surface area contributed by atoms with E-state index in [1.807, 2.05) is 23.6 Å². The van der Waals surface area contributed by atoms with E-state index < -0.39 is 15.3 Å². The lowest BCUT2D eigenvalue weighted by atomic mass is 10.2. The minimum absolute atomic E-state index is 0.142. The SMILES string of the molecule is Cc1ccc(S(=O)(=O)c2cn(C3CC3)c3ccccc3c2=O)cc1. The van der Waals surface area contributed by atoms with Crippen molar-refractivity contribution < 1.29 is 8.42 Å². The summed E-state index contributed by atoms with van der Waals surface area (Å²) in [4.78, 5) is 12.8. The van der Waals surface area contributed by atoms with Gasteiger partial charge in [0.15, 0.2) is 0 Å². The van der Waals surface area contributed by atoms with E-state index in [9.17, 15) is 13.2 Å². The quantitative estimate of drug-likeness (QED) is 0.734. The number of rotatable bonds is 3. The number of hydrogen-bond donors (Lipinski definition) is 0. The van der Waals surface area contributed by atoms with Crippen LogP contribution >= 0.6 is 0 Å². The highest BCUT2D eigenvalue weighted by Gasteiger charge is 2.29. The second kappa shape index (κ2) is 5.31. The normalized spacial score (nSPS) is 14.9. The van der Waals surface area contributed by atoms with Crippen LogP contribution in [0.5, 0.6) is 0 Å². The maximum Gasteiger partial charge on any atom is 0.211 e. The van der Waals surface area contributed by atoms with Crippen LogP contribution in [0.15, 0.2) is 69.3 Å². The molecule has 1 saturated carbocycles. The number of benzene rings is 2. The predicted molar refractivity (Wildman–Crippen MR) is 93.1 cm³/mol. The molecule has 0 saturated heterocycles. The number of nitrogens with zero attached hydrogens (tertiary/aromatic N) is 1. The summed E-state index contributed by atoms with van der Waals surface area (Å²) in [6.07, 6.45) is 3.55. The summed E-state index contributed by atoms with van der Waals surface area (Å²) < 4.78 is 27.9. The van der Waals surface area contributed by atoms with Gasteiger partial charge in [0.1, 0.15) is 4.90 Å². The molecule has 0 aliphatic heterocycles. The van der Waals surface area contributed by atoms with Crippen LogP contribution < -0.4 is 5.43 Å². The van der Waals surface area contributed by atoms with Gasteiger partial charge in [0.25, 0.3) is 0 Å². The zero-order valence-corrected chi connectivity index (χ0v) is 14.1. The first-order chi connectivity index (χ1) is 11.5. The standard InChI is InChI=1S/C19H17NO3S/c1-13-6-10-15(11-7-13)24(22,23)18-12-20(14-8-9-14)17-5-3-2-4-16(17)19(18)21/h2-7,10-12,14H,8-9H2,1H3. The lowest BCUT2D eigenvalue weighted by molar-refractivity contribution is 0.593. The van der Waals surface area contributed by atoms with E-state index >= 15 is 0 Å². The topological polar surface area (TPSA) is 56.1 Å². The third-order valence-electron chi connectivity index (χ3n) is 4.47. The highest BCUT2D eigenvalue weighted by Crippen LogP contribution is 2.37. The van der Waals surface area contributed by atoms with Gasteiger partial charge in [-0.15, -0.1) is 0 Å². The van der Waals surface area contributed by atoms with E-state index in [4.69, 9.17) is 0 Å². The molecular formula is C19H17NO3S. The maximum absolute atomic E-state index is 13.0. The van der Waals surface area contributed by atoms with Crippen LogP contribution in [0.4, 0.5) is 0 Å². The van der Waals surface area contributed by atoms with Gasteiger partial charge in [0.05, 0.1) is 10.4 Å². The maximum atomic E-state index is 13.0. The summed E-state index contributed by atoms with van der Waals surface area (Å²) >= 11 is 0. The summed E-state index contributed by atoms with van der Waals surface area (Å²) in [6.45, 7) is 1.90. The smallest absolute Gasteiger partial charge is 0.211 e. The third-order valence-corrected chi connectivity index (χ3v) is 6.23. The van der Waals surface area contributed by atoms with Crippen LogP contribution in [-0.4, -0.2) is 13.0 Å². The predicted octanol–water partition coefficient (Wildman–Crippen LogP) is 3.48. The Balaban J connectivity index is 2.01. The fourth-order valence-corrected chi connectivity index (χ4v) is 4.32. The van der Waals surface area contributed by atoms with Gasteiger partial charge >= 0.3 is 0 Å². The second-order valence-corrected chi connectivity index (χ2v) is 8.21. The van der Waals surface area contributed by atoms with Gasteiger partial charge in [0.2, 0.25) is 15.3 Å². The first kappa shape index (κ1) is 15.1. The number of aromatic nitrogens is 1. The Hall–Kier alpha value is -2.40. The van der Waals surface area contributed by atoms with Crippen molar-refractivity contribution in [1.29, 1.82) is 0 Å². The van der Waals surface area contributed by atoms with E-state index in [1.54, 1.807) is 36.4 Å². The summed E-state index contributed by atoms with van der Waals surface area (Å²) in [5, 5.41) is 0.456. The number of hydrogen-bond acceptors (Lipinski definition) is 3. The summed E-state index contributed by atoms with van der Waals surface area (Å²) in [7, 11) is -3.84. The minimum Gasteiger partial charge on any atom is -0.343 e. The molecule has 0 spiro atoms. The molecule has 0 amide bonds. The van der Waals surface area contributed by atoms with Crippen molar-refractivity contribution in [2.45, 2.75) is 35.6 Å². The Morgan fingerprint density at radius 1 is 1.00 bits per heavy atom. The van der Waals surface area contributed by atoms with Gasteiger partial charge < -0.3 is 4.57 Å². The molecule has 3 aromatic rings. The van der Waals surface area contributed by atoms with Crippen LogP contribution in [0.1, 0.15) is 24.4 Å². The molecule has 1 heterocycles. The first-order valence-electron chi connectivity index (χ1n) is 7.94. The molecule has 122 valence electrons. The van der Waals surface area contributed by atoms with Crippen molar-refractivity contribution in [3.63, 3.8) is 0 Å². The van der Waals surface area contributed by atoms with Gasteiger partial charge in [-0.2, -0.15) is 0 Å². The van der Waals surface area contributed by atoms with Crippen molar-refractivity contribution in [3.05, 3.63) is 70.5 Å². The Morgan fingerprint density at radius 2 is 1.67 bits per heavy atom. The molecule has 0 atom stereocenters. The van der Waals surface area contributed by atoms with Crippen molar-refractivity contribution in [2.24, 2.45) is 0 Å². The van der Waals surface area contributed by atoms with Gasteiger partial charge in [-0.25, -0.2) is 8.42 Å². The van der Waals surface area contributed by atoms with Crippen LogP contribution in [0.3, 0.4) is 0 Å². The Morgan fingerprint density at radius 3 is 2.33 bits per heavy atom. The molecule has 1 aliphatic rings. The lowest BCUT2D eigenvalue weighted by Gasteiger charge is -2.13. The highest BCUT2D eigenvalue weighted by atomic mass is 32.2. The summed E-state index contributed by atoms with van der Waals surface area (Å²) in [6, 6.07) is 14.1. The van der Waals surface area contributed by atoms with Crippen molar-refractivity contribution in [2.75, 3.05) is 0 Å². The summed E-state index contributed by atoms with van der Waals surface area (Å²) in [5.74, 6) is 0. The largest absolute Gasteiger partial charge is 0.343 e. The van der Waals surface area contributed by atoms with Gasteiger partial charge in [0, 0.05) is 17.6 Å². The van der Waals surface area contributed by atoms with E-state index in [1.165, 1.54) is 6.20 Å². The first-order valence-corrected chi connectivity index (χ1v) is 9.42. The molecule has 24 heavy (non-hydrogen) atoms. The number of fused-ring (bicyclic) bond motifs is 1. The van der Waals surface area contributed by atoms with Gasteiger partial charge in [-0.1, -0.05) is 29.8 Å². The van der Waals surface area contributed by atoms with E-state index in [2.05, 4.69) is 0 Å². The molecule has 0 N–H and O–H groups in total. The van der Waals surface area contributed by atoms with E-state index in [-0.39, 0.29) is 15.8 Å². The van der Waals surface area contributed by atoms with Gasteiger partial charge in [-0.05, 0) is 44.0 Å². The van der Waals surface area contributed by atoms with Crippen LogP contribution in [-0.2, 0) is 9.84 Å². The number of sulfone groups is 1. The fourth-order valence-electron chi connectivity index (χ4n) is 2.97. The zero-order valence-electron chi connectivity index (χ0n) is 13.3. The highest BCUT2D eigenvalue weighted by molar-refractivity contribution is 7.91. The molecular weight excluding hydrogens is 322 g/mol. The Kier molecular flexibility index (Phi) is 3.35. The van der Waals surface area contributed by atoms with Crippen molar-refractivity contribution in [3.8, 4) is 0 Å². The molecule has 1 aromatic heterocycles.